The number of carbonyl (C=O) groups excluding carboxylic acids is 1. The number of aliphatic carboxylic acids is 1. The minimum absolute atomic E-state index is 0.197. The summed E-state index contributed by atoms with van der Waals surface area (Å²) in [5.74, 6) is 0.219. The van der Waals surface area contributed by atoms with Crippen LogP contribution in [0.15, 0.2) is 0 Å². The lowest BCUT2D eigenvalue weighted by atomic mass is 10.2. The van der Waals surface area contributed by atoms with E-state index in [0.29, 0.717) is 18.2 Å². The monoisotopic (exact) mass is 286 g/mol. The first kappa shape index (κ1) is 14.5. The van der Waals surface area contributed by atoms with Gasteiger partial charge < -0.3 is 15.3 Å². The van der Waals surface area contributed by atoms with Crippen LogP contribution in [0, 0.1) is 0 Å². The van der Waals surface area contributed by atoms with Gasteiger partial charge in [-0.15, -0.1) is 0 Å². The lowest BCUT2D eigenvalue weighted by Crippen LogP contribution is -2.48. The molecule has 2 N–H and O–H groups in total. The van der Waals surface area contributed by atoms with Crippen molar-refractivity contribution in [2.24, 2.45) is 0 Å². The third-order valence-corrected chi connectivity index (χ3v) is 5.15. The maximum absolute atomic E-state index is 12.1. The number of carboxylic acid groups (broad SMARTS) is 1. The smallest absolute Gasteiger partial charge is 0.326 e. The van der Waals surface area contributed by atoms with E-state index in [1.54, 1.807) is 0 Å². The second-order valence-corrected chi connectivity index (χ2v) is 6.80. The second-order valence-electron chi connectivity index (χ2n) is 5.23. The quantitative estimate of drug-likeness (QED) is 0.828. The molecular weight excluding hydrogens is 264 g/mol. The molecule has 19 heavy (non-hydrogen) atoms. The molecule has 1 heterocycles. The van der Waals surface area contributed by atoms with E-state index < -0.39 is 12.0 Å². The van der Waals surface area contributed by atoms with Gasteiger partial charge in [-0.05, 0) is 37.9 Å². The number of hydrogen-bond donors (Lipinski definition) is 2. The average molecular weight is 286 g/mol. The first-order valence-electron chi connectivity index (χ1n) is 7.03. The zero-order chi connectivity index (χ0) is 13.8. The molecule has 2 aliphatic rings. The fraction of sp³-hybridized carbons (Fsp3) is 0.846. The minimum atomic E-state index is -0.890. The summed E-state index contributed by atoms with van der Waals surface area (Å²) in [6.45, 7) is 2.71. The van der Waals surface area contributed by atoms with Gasteiger partial charge in [0.15, 0.2) is 0 Å². The highest BCUT2D eigenvalue weighted by Crippen LogP contribution is 2.30. The number of likely N-dealkylation sites (tertiary alicyclic amines) is 1. The van der Waals surface area contributed by atoms with Crippen LogP contribution in [0.2, 0.25) is 0 Å². The molecule has 0 bridgehead atoms. The molecule has 0 spiro atoms. The summed E-state index contributed by atoms with van der Waals surface area (Å²) in [6.07, 6.45) is 4.52. The van der Waals surface area contributed by atoms with Crippen molar-refractivity contribution in [3.8, 4) is 0 Å². The number of nitrogens with one attached hydrogen (secondary N) is 1. The number of urea groups is 1. The van der Waals surface area contributed by atoms with Crippen LogP contribution >= 0.6 is 11.8 Å². The molecule has 0 radical (unpaired) electrons. The summed E-state index contributed by atoms with van der Waals surface area (Å²) in [4.78, 5) is 24.7. The van der Waals surface area contributed by atoms with Gasteiger partial charge in [0.25, 0.3) is 0 Å². The molecule has 108 valence electrons. The van der Waals surface area contributed by atoms with Crippen molar-refractivity contribution >= 4 is 23.8 Å². The lowest BCUT2D eigenvalue weighted by molar-refractivity contribution is -0.141. The van der Waals surface area contributed by atoms with Gasteiger partial charge in [-0.3, -0.25) is 0 Å². The molecular formula is C13H22N2O3S. The van der Waals surface area contributed by atoms with Crippen molar-refractivity contribution in [2.45, 2.75) is 56.4 Å². The maximum Gasteiger partial charge on any atom is 0.326 e. The van der Waals surface area contributed by atoms with Crippen molar-refractivity contribution in [1.29, 1.82) is 0 Å². The summed E-state index contributed by atoms with van der Waals surface area (Å²) in [6, 6.07) is -0.620. The van der Waals surface area contributed by atoms with Gasteiger partial charge in [0.2, 0.25) is 0 Å². The van der Waals surface area contributed by atoms with Crippen LogP contribution in [0.4, 0.5) is 4.79 Å². The molecule has 1 aliphatic heterocycles. The van der Waals surface area contributed by atoms with Crippen molar-refractivity contribution in [3.63, 3.8) is 0 Å². The van der Waals surface area contributed by atoms with Crippen LogP contribution in [-0.2, 0) is 4.79 Å². The standard InChI is InChI=1S/C13H22N2O3S/c1-2-19-10-6-5-9(8-10)14-13(18)15-7-3-4-11(15)12(16)17/h9-11H,2-8H2,1H3,(H,14,18)(H,16,17). The highest BCUT2D eigenvalue weighted by molar-refractivity contribution is 7.99. The van der Waals surface area contributed by atoms with E-state index in [-0.39, 0.29) is 12.1 Å². The van der Waals surface area contributed by atoms with E-state index in [2.05, 4.69) is 12.2 Å². The first-order valence-corrected chi connectivity index (χ1v) is 8.08. The van der Waals surface area contributed by atoms with Crippen molar-refractivity contribution in [2.75, 3.05) is 12.3 Å². The molecule has 1 aliphatic carbocycles. The van der Waals surface area contributed by atoms with Crippen molar-refractivity contribution in [1.82, 2.24) is 10.2 Å². The molecule has 3 atom stereocenters. The second kappa shape index (κ2) is 6.50. The van der Waals surface area contributed by atoms with Crippen LogP contribution < -0.4 is 5.32 Å². The van der Waals surface area contributed by atoms with E-state index in [1.807, 2.05) is 11.8 Å². The SMILES string of the molecule is CCSC1CCC(NC(=O)N2CCCC2C(=O)O)C1. The van der Waals surface area contributed by atoms with Crippen LogP contribution in [0.5, 0.6) is 0 Å². The fourth-order valence-electron chi connectivity index (χ4n) is 2.98. The minimum Gasteiger partial charge on any atom is -0.480 e. The molecule has 1 saturated carbocycles. The topological polar surface area (TPSA) is 69.6 Å². The van der Waals surface area contributed by atoms with E-state index in [1.165, 1.54) is 4.90 Å². The number of rotatable bonds is 4. The molecule has 0 aromatic rings. The van der Waals surface area contributed by atoms with Crippen LogP contribution in [0.25, 0.3) is 0 Å². The Kier molecular flexibility index (Phi) is 4.96. The number of nitrogens with zero attached hydrogens (tertiary/aromatic N) is 1. The summed E-state index contributed by atoms with van der Waals surface area (Å²) in [5.41, 5.74) is 0. The third-order valence-electron chi connectivity index (χ3n) is 3.91. The van der Waals surface area contributed by atoms with Crippen LogP contribution in [0.3, 0.4) is 0 Å². The van der Waals surface area contributed by atoms with Gasteiger partial charge in [0.1, 0.15) is 6.04 Å². The maximum atomic E-state index is 12.1. The van der Waals surface area contributed by atoms with Gasteiger partial charge >= 0.3 is 12.0 Å². The Labute approximate surface area is 118 Å². The molecule has 0 aromatic carbocycles. The zero-order valence-corrected chi connectivity index (χ0v) is 12.1. The molecule has 6 heteroatoms. The Morgan fingerprint density at radius 2 is 2.16 bits per heavy atom. The highest BCUT2D eigenvalue weighted by Gasteiger charge is 2.35. The van der Waals surface area contributed by atoms with Gasteiger partial charge in [-0.2, -0.15) is 11.8 Å². The highest BCUT2D eigenvalue weighted by atomic mass is 32.2. The molecule has 1 saturated heterocycles. The molecule has 2 fully saturated rings. The number of hydrogen-bond acceptors (Lipinski definition) is 3. The molecule has 2 amide bonds. The van der Waals surface area contributed by atoms with E-state index in [4.69, 9.17) is 5.11 Å². The Balaban J connectivity index is 1.83. The van der Waals surface area contributed by atoms with Crippen molar-refractivity contribution < 1.29 is 14.7 Å². The van der Waals surface area contributed by atoms with Crippen LogP contribution in [-0.4, -0.2) is 51.6 Å². The number of carboxylic acids is 1. The van der Waals surface area contributed by atoms with Crippen LogP contribution in [0.1, 0.15) is 39.0 Å². The summed E-state index contributed by atoms with van der Waals surface area (Å²) in [7, 11) is 0. The number of carbonyl (C=O) groups is 2. The van der Waals surface area contributed by atoms with Gasteiger partial charge in [0.05, 0.1) is 0 Å². The van der Waals surface area contributed by atoms with E-state index in [0.717, 1.165) is 31.4 Å². The molecule has 3 unspecified atom stereocenters. The summed E-state index contributed by atoms with van der Waals surface area (Å²) in [5, 5.41) is 12.7. The predicted molar refractivity (Wildman–Crippen MR) is 75.5 cm³/mol. The van der Waals surface area contributed by atoms with E-state index in [9.17, 15) is 9.59 Å². The molecule has 5 nitrogen and oxygen atoms in total. The average Bonchev–Trinajstić information content (AvgIpc) is 2.98. The number of thioether (sulfide) groups is 1. The Hall–Kier alpha value is -0.910. The van der Waals surface area contributed by atoms with Gasteiger partial charge in [-0.25, -0.2) is 9.59 Å². The van der Waals surface area contributed by atoms with Crippen molar-refractivity contribution in [3.05, 3.63) is 0 Å². The van der Waals surface area contributed by atoms with Gasteiger partial charge in [-0.1, -0.05) is 6.92 Å². The Morgan fingerprint density at radius 3 is 2.84 bits per heavy atom. The fourth-order valence-corrected chi connectivity index (χ4v) is 4.12. The molecule has 2 rings (SSSR count). The summed E-state index contributed by atoms with van der Waals surface area (Å²) >= 11 is 1.95. The van der Waals surface area contributed by atoms with Gasteiger partial charge in [0, 0.05) is 17.8 Å². The Bertz CT molecular complexity index is 351. The zero-order valence-electron chi connectivity index (χ0n) is 11.3. The largest absolute Gasteiger partial charge is 0.480 e. The lowest BCUT2D eigenvalue weighted by Gasteiger charge is -2.24. The van der Waals surface area contributed by atoms with E-state index >= 15 is 0 Å². The number of amides is 2. The normalized spacial score (nSPS) is 30.6. The Morgan fingerprint density at radius 1 is 1.37 bits per heavy atom. The molecule has 0 aromatic heterocycles. The summed E-state index contributed by atoms with van der Waals surface area (Å²) < 4.78 is 0. The first-order chi connectivity index (χ1) is 9.11. The predicted octanol–water partition coefficient (Wildman–Crippen LogP) is 1.92. The third kappa shape index (κ3) is 3.55.